The predicted molar refractivity (Wildman–Crippen MR) is 60.7 cm³/mol. The molecule has 2 rings (SSSR count). The first kappa shape index (κ1) is 14.0. The first-order valence-electron chi connectivity index (χ1n) is 5.58. The lowest BCUT2D eigenvalue weighted by Crippen LogP contribution is -2.04. The van der Waals surface area contributed by atoms with Crippen molar-refractivity contribution in [2.45, 2.75) is 19.0 Å². The molecule has 8 heteroatoms. The average Bonchev–Trinajstić information content (AvgIpc) is 2.84. The van der Waals surface area contributed by atoms with Gasteiger partial charge in [-0.3, -0.25) is 4.79 Å². The van der Waals surface area contributed by atoms with Gasteiger partial charge >= 0.3 is 12.1 Å². The van der Waals surface area contributed by atoms with Crippen molar-refractivity contribution in [1.82, 2.24) is 10.1 Å². The maximum Gasteiger partial charge on any atom is 0.416 e. The molecule has 0 unspecified atom stereocenters. The second-order valence-corrected chi connectivity index (χ2v) is 3.99. The molecule has 0 aliphatic heterocycles. The first-order valence-corrected chi connectivity index (χ1v) is 5.58. The van der Waals surface area contributed by atoms with Gasteiger partial charge in [0.1, 0.15) is 0 Å². The van der Waals surface area contributed by atoms with Crippen molar-refractivity contribution in [3.8, 4) is 11.5 Å². The number of aliphatic carboxylic acids is 1. The number of carboxylic acid groups (broad SMARTS) is 1. The molecule has 1 aromatic heterocycles. The Labute approximate surface area is 111 Å². The third kappa shape index (κ3) is 3.34. The van der Waals surface area contributed by atoms with E-state index in [1.807, 2.05) is 0 Å². The molecule has 0 amide bonds. The van der Waals surface area contributed by atoms with Gasteiger partial charge in [0.2, 0.25) is 0 Å². The van der Waals surface area contributed by atoms with Crippen LogP contribution in [0.25, 0.3) is 11.5 Å². The molecule has 0 radical (unpaired) electrons. The van der Waals surface area contributed by atoms with Crippen molar-refractivity contribution in [2.75, 3.05) is 0 Å². The molecule has 0 aliphatic rings. The second kappa shape index (κ2) is 5.32. The molecule has 0 atom stereocenters. The molecule has 1 aromatic carbocycles. The molecule has 0 bridgehead atoms. The minimum absolute atomic E-state index is 0.0534. The number of aryl methyl sites for hydroxylation is 1. The number of carbonyl (C=O) groups is 1. The normalized spacial score (nSPS) is 11.6. The van der Waals surface area contributed by atoms with Crippen LogP contribution in [0, 0.1) is 0 Å². The number of hydrogen-bond donors (Lipinski definition) is 1. The van der Waals surface area contributed by atoms with Gasteiger partial charge in [-0.15, -0.1) is 0 Å². The van der Waals surface area contributed by atoms with Gasteiger partial charge in [0.25, 0.3) is 5.89 Å². The molecule has 0 saturated heterocycles. The number of hydrogen-bond acceptors (Lipinski definition) is 4. The Kier molecular flexibility index (Phi) is 3.73. The van der Waals surface area contributed by atoms with E-state index in [4.69, 9.17) is 9.63 Å². The Bertz CT molecular complexity index is 622. The molecule has 1 heterocycles. The van der Waals surface area contributed by atoms with E-state index in [1.165, 1.54) is 12.1 Å². The zero-order valence-corrected chi connectivity index (χ0v) is 10.0. The minimum Gasteiger partial charge on any atom is -0.481 e. The van der Waals surface area contributed by atoms with Gasteiger partial charge in [0.05, 0.1) is 12.0 Å². The Morgan fingerprint density at radius 2 is 2.10 bits per heavy atom. The summed E-state index contributed by atoms with van der Waals surface area (Å²) in [5.41, 5.74) is -0.686. The topological polar surface area (TPSA) is 76.2 Å². The lowest BCUT2D eigenvalue weighted by Gasteiger charge is -2.06. The Morgan fingerprint density at radius 1 is 1.35 bits per heavy atom. The van der Waals surface area contributed by atoms with Crippen LogP contribution in [0.1, 0.15) is 17.8 Å². The summed E-state index contributed by atoms with van der Waals surface area (Å²) in [6.07, 6.45) is -4.58. The van der Waals surface area contributed by atoms with Crippen molar-refractivity contribution in [3.05, 3.63) is 35.7 Å². The molecular weight excluding hydrogens is 277 g/mol. The summed E-state index contributed by atoms with van der Waals surface area (Å²) in [5.74, 6) is -0.952. The minimum atomic E-state index is -4.46. The van der Waals surface area contributed by atoms with Gasteiger partial charge in [-0.2, -0.15) is 18.2 Å². The monoisotopic (exact) mass is 286 g/mol. The van der Waals surface area contributed by atoms with Crippen LogP contribution in [0.5, 0.6) is 0 Å². The van der Waals surface area contributed by atoms with E-state index in [0.717, 1.165) is 12.1 Å². The number of rotatable bonds is 4. The summed E-state index contributed by atoms with van der Waals surface area (Å²) >= 11 is 0. The lowest BCUT2D eigenvalue weighted by molar-refractivity contribution is -0.138. The molecule has 106 valence electrons. The average molecular weight is 286 g/mol. The number of carboxylic acids is 1. The van der Waals surface area contributed by atoms with Crippen molar-refractivity contribution in [2.24, 2.45) is 0 Å². The molecule has 20 heavy (non-hydrogen) atoms. The van der Waals surface area contributed by atoms with Crippen molar-refractivity contribution in [1.29, 1.82) is 0 Å². The number of halogens is 3. The highest BCUT2D eigenvalue weighted by Gasteiger charge is 2.30. The summed E-state index contributed by atoms with van der Waals surface area (Å²) in [6, 6.07) is 4.47. The third-order valence-corrected chi connectivity index (χ3v) is 2.47. The van der Waals surface area contributed by atoms with Gasteiger partial charge in [0, 0.05) is 12.0 Å². The number of alkyl halides is 3. The predicted octanol–water partition coefficient (Wildman–Crippen LogP) is 2.77. The zero-order valence-electron chi connectivity index (χ0n) is 10.0. The van der Waals surface area contributed by atoms with E-state index < -0.39 is 17.7 Å². The molecule has 2 aromatic rings. The summed E-state index contributed by atoms with van der Waals surface area (Å²) in [6.45, 7) is 0. The summed E-state index contributed by atoms with van der Waals surface area (Å²) in [4.78, 5) is 14.3. The van der Waals surface area contributed by atoms with E-state index in [9.17, 15) is 18.0 Å². The standard InChI is InChI=1S/C12H9F3N2O3/c13-12(14,15)8-3-1-2-7(6-8)11-16-9(17-20-11)4-5-10(18)19/h1-3,6H,4-5H2,(H,18,19). The molecule has 0 fully saturated rings. The first-order chi connectivity index (χ1) is 9.36. The van der Waals surface area contributed by atoms with Crippen LogP contribution in [-0.2, 0) is 17.4 Å². The van der Waals surface area contributed by atoms with Crippen LogP contribution in [0.3, 0.4) is 0 Å². The van der Waals surface area contributed by atoms with Crippen LogP contribution in [0.4, 0.5) is 13.2 Å². The summed E-state index contributed by atoms with van der Waals surface area (Å²) < 4.78 is 42.5. The molecule has 0 saturated carbocycles. The fourth-order valence-electron chi connectivity index (χ4n) is 1.52. The summed E-state index contributed by atoms with van der Waals surface area (Å²) in [5, 5.41) is 12.0. The van der Waals surface area contributed by atoms with E-state index in [2.05, 4.69) is 10.1 Å². The van der Waals surface area contributed by atoms with Gasteiger partial charge in [0.15, 0.2) is 5.82 Å². The number of aromatic nitrogens is 2. The van der Waals surface area contributed by atoms with Gasteiger partial charge in [-0.25, -0.2) is 0 Å². The third-order valence-electron chi connectivity index (χ3n) is 2.47. The number of benzene rings is 1. The number of nitrogens with zero attached hydrogens (tertiary/aromatic N) is 2. The highest BCUT2D eigenvalue weighted by Crippen LogP contribution is 2.31. The fourth-order valence-corrected chi connectivity index (χ4v) is 1.52. The Morgan fingerprint density at radius 3 is 2.75 bits per heavy atom. The largest absolute Gasteiger partial charge is 0.481 e. The molecular formula is C12H9F3N2O3. The summed E-state index contributed by atoms with van der Waals surface area (Å²) in [7, 11) is 0. The maximum absolute atomic E-state index is 12.6. The van der Waals surface area contributed by atoms with Crippen LogP contribution in [-0.4, -0.2) is 21.2 Å². The van der Waals surface area contributed by atoms with E-state index in [-0.39, 0.29) is 30.1 Å². The van der Waals surface area contributed by atoms with Crippen LogP contribution in [0.2, 0.25) is 0 Å². The smallest absolute Gasteiger partial charge is 0.416 e. The maximum atomic E-state index is 12.6. The van der Waals surface area contributed by atoms with Crippen LogP contribution < -0.4 is 0 Å². The van der Waals surface area contributed by atoms with Gasteiger partial charge in [-0.1, -0.05) is 11.2 Å². The SMILES string of the molecule is O=C(O)CCc1noc(-c2cccc(C(F)(F)F)c2)n1. The van der Waals surface area contributed by atoms with Crippen molar-refractivity contribution >= 4 is 5.97 Å². The molecule has 5 nitrogen and oxygen atoms in total. The highest BCUT2D eigenvalue weighted by molar-refractivity contribution is 5.66. The van der Waals surface area contributed by atoms with Crippen LogP contribution >= 0.6 is 0 Å². The zero-order chi connectivity index (χ0) is 14.8. The Hall–Kier alpha value is -2.38. The molecule has 0 spiro atoms. The van der Waals surface area contributed by atoms with Crippen molar-refractivity contribution in [3.63, 3.8) is 0 Å². The van der Waals surface area contributed by atoms with E-state index >= 15 is 0 Å². The lowest BCUT2D eigenvalue weighted by atomic mass is 10.1. The second-order valence-electron chi connectivity index (χ2n) is 3.99. The van der Waals surface area contributed by atoms with E-state index in [0.29, 0.717) is 0 Å². The van der Waals surface area contributed by atoms with Gasteiger partial charge < -0.3 is 9.63 Å². The van der Waals surface area contributed by atoms with Crippen molar-refractivity contribution < 1.29 is 27.6 Å². The highest BCUT2D eigenvalue weighted by atomic mass is 19.4. The quantitative estimate of drug-likeness (QED) is 0.935. The van der Waals surface area contributed by atoms with E-state index in [1.54, 1.807) is 0 Å². The Balaban J connectivity index is 2.22. The van der Waals surface area contributed by atoms with Gasteiger partial charge in [-0.05, 0) is 18.2 Å². The molecule has 1 N–H and O–H groups in total. The fraction of sp³-hybridized carbons (Fsp3) is 0.250. The van der Waals surface area contributed by atoms with Crippen LogP contribution in [0.15, 0.2) is 28.8 Å². The molecule has 0 aliphatic carbocycles.